The molecular weight excluding hydrogens is 369 g/mol. The molecule has 0 saturated heterocycles. The molecule has 148 valence electrons. The van der Waals surface area contributed by atoms with Gasteiger partial charge in [-0.3, -0.25) is 9.78 Å². The van der Waals surface area contributed by atoms with Crippen molar-refractivity contribution in [1.82, 2.24) is 9.88 Å². The van der Waals surface area contributed by atoms with Crippen molar-refractivity contribution in [2.75, 3.05) is 12.8 Å². The van der Waals surface area contributed by atoms with Crippen LogP contribution in [0.2, 0.25) is 0 Å². The van der Waals surface area contributed by atoms with E-state index in [0.717, 1.165) is 22.3 Å². The van der Waals surface area contributed by atoms with Gasteiger partial charge < -0.3 is 15.4 Å². The number of ether oxygens (including phenoxy) is 1. The monoisotopic (exact) mass is 391 g/mol. The quantitative estimate of drug-likeness (QED) is 0.720. The van der Waals surface area contributed by atoms with E-state index in [1.807, 2.05) is 11.0 Å². The second-order valence-corrected chi connectivity index (χ2v) is 7.20. The van der Waals surface area contributed by atoms with E-state index in [1.54, 1.807) is 31.4 Å². The Balaban J connectivity index is 1.50. The summed E-state index contributed by atoms with van der Waals surface area (Å²) in [4.78, 5) is 19.3. The summed E-state index contributed by atoms with van der Waals surface area (Å²) in [6, 6.07) is 15.8. The number of methoxy groups -OCH3 is 1. The smallest absolute Gasteiger partial charge is 0.229 e. The van der Waals surface area contributed by atoms with Crippen LogP contribution in [-0.2, 0) is 35.6 Å². The van der Waals surface area contributed by atoms with Gasteiger partial charge in [0, 0.05) is 25.8 Å². The summed E-state index contributed by atoms with van der Waals surface area (Å²) in [6.07, 6.45) is 0.125. The van der Waals surface area contributed by atoms with Gasteiger partial charge in [0.2, 0.25) is 5.91 Å². The zero-order valence-corrected chi connectivity index (χ0v) is 16.2. The summed E-state index contributed by atoms with van der Waals surface area (Å²) < 4.78 is 18.4. The molecule has 0 aliphatic carbocycles. The molecule has 0 atom stereocenters. The number of carbonyl (C=O) groups is 1. The molecule has 6 heteroatoms. The number of pyridine rings is 1. The van der Waals surface area contributed by atoms with Crippen molar-refractivity contribution in [2.45, 2.75) is 26.1 Å². The number of nitrogens with two attached hydrogens (primary N) is 1. The standard InChI is InChI=1S/C23H22FN3O2/c1-29-14-15-2-3-17-12-27(13-18(17)10-15)23(28)11-22-20(25)8-9-21(26-22)16-4-6-19(24)7-5-16/h2-10H,11-14,25H2,1H3. The predicted molar refractivity (Wildman–Crippen MR) is 109 cm³/mol. The largest absolute Gasteiger partial charge is 0.397 e. The number of rotatable bonds is 5. The van der Waals surface area contributed by atoms with Gasteiger partial charge in [-0.15, -0.1) is 0 Å². The van der Waals surface area contributed by atoms with Crippen LogP contribution in [0.4, 0.5) is 10.1 Å². The second-order valence-electron chi connectivity index (χ2n) is 7.20. The highest BCUT2D eigenvalue weighted by Crippen LogP contribution is 2.26. The van der Waals surface area contributed by atoms with Gasteiger partial charge in [-0.25, -0.2) is 4.39 Å². The summed E-state index contributed by atoms with van der Waals surface area (Å²) in [5.74, 6) is -0.327. The highest BCUT2D eigenvalue weighted by atomic mass is 19.1. The van der Waals surface area contributed by atoms with Gasteiger partial charge in [0.05, 0.1) is 30.1 Å². The fraction of sp³-hybridized carbons (Fsp3) is 0.217. The molecule has 0 radical (unpaired) electrons. The number of hydrogen-bond donors (Lipinski definition) is 1. The lowest BCUT2D eigenvalue weighted by molar-refractivity contribution is -0.131. The molecule has 3 aromatic rings. The maximum Gasteiger partial charge on any atom is 0.229 e. The van der Waals surface area contributed by atoms with Crippen molar-refractivity contribution in [2.24, 2.45) is 0 Å². The van der Waals surface area contributed by atoms with E-state index >= 15 is 0 Å². The molecule has 29 heavy (non-hydrogen) atoms. The van der Waals surface area contributed by atoms with Crippen LogP contribution in [0.25, 0.3) is 11.3 Å². The van der Waals surface area contributed by atoms with Crippen molar-refractivity contribution in [3.05, 3.63) is 82.8 Å². The highest BCUT2D eigenvalue weighted by Gasteiger charge is 2.24. The molecule has 0 spiro atoms. The van der Waals surface area contributed by atoms with Crippen LogP contribution in [0, 0.1) is 5.82 Å². The Labute approximate surface area is 168 Å². The Hall–Kier alpha value is -3.25. The van der Waals surface area contributed by atoms with Gasteiger partial charge in [0.1, 0.15) is 5.82 Å². The van der Waals surface area contributed by atoms with Crippen molar-refractivity contribution in [3.8, 4) is 11.3 Å². The molecule has 1 aliphatic rings. The third kappa shape index (κ3) is 4.12. The molecule has 4 rings (SSSR count). The number of carbonyl (C=O) groups excluding carboxylic acids is 1. The van der Waals surface area contributed by atoms with Crippen LogP contribution in [0.1, 0.15) is 22.4 Å². The lowest BCUT2D eigenvalue weighted by atomic mass is 10.1. The molecular formula is C23H22FN3O2. The maximum atomic E-state index is 13.2. The Morgan fingerprint density at radius 3 is 2.62 bits per heavy atom. The average Bonchev–Trinajstić information content (AvgIpc) is 3.14. The van der Waals surface area contributed by atoms with Crippen LogP contribution in [0.15, 0.2) is 54.6 Å². The van der Waals surface area contributed by atoms with Crippen LogP contribution < -0.4 is 5.73 Å². The molecule has 2 N–H and O–H groups in total. The number of amides is 1. The number of anilines is 1. The van der Waals surface area contributed by atoms with Crippen LogP contribution in [0.3, 0.4) is 0 Å². The predicted octanol–water partition coefficient (Wildman–Crippen LogP) is 3.70. The van der Waals surface area contributed by atoms with E-state index in [9.17, 15) is 9.18 Å². The van der Waals surface area contributed by atoms with E-state index < -0.39 is 0 Å². The molecule has 1 amide bonds. The van der Waals surface area contributed by atoms with Crippen molar-refractivity contribution < 1.29 is 13.9 Å². The summed E-state index contributed by atoms with van der Waals surface area (Å²) >= 11 is 0. The van der Waals surface area contributed by atoms with E-state index in [-0.39, 0.29) is 18.1 Å². The summed E-state index contributed by atoms with van der Waals surface area (Å²) in [7, 11) is 1.67. The molecule has 1 aliphatic heterocycles. The summed E-state index contributed by atoms with van der Waals surface area (Å²) in [6.45, 7) is 1.71. The minimum atomic E-state index is -0.304. The topological polar surface area (TPSA) is 68.5 Å². The fourth-order valence-electron chi connectivity index (χ4n) is 3.57. The number of fused-ring (bicyclic) bond motifs is 1. The molecule has 0 bridgehead atoms. The third-order valence-corrected chi connectivity index (χ3v) is 5.12. The molecule has 5 nitrogen and oxygen atoms in total. The first-order valence-corrected chi connectivity index (χ1v) is 9.42. The maximum absolute atomic E-state index is 13.2. The average molecular weight is 391 g/mol. The molecule has 2 aromatic carbocycles. The zero-order valence-electron chi connectivity index (χ0n) is 16.2. The number of hydrogen-bond acceptors (Lipinski definition) is 4. The first kappa shape index (κ1) is 19.1. The summed E-state index contributed by atoms with van der Waals surface area (Å²) in [5.41, 5.74) is 11.9. The van der Waals surface area contributed by atoms with Gasteiger partial charge in [-0.05, 0) is 53.1 Å². The van der Waals surface area contributed by atoms with Crippen molar-refractivity contribution >= 4 is 11.6 Å². The first-order chi connectivity index (χ1) is 14.0. The number of benzene rings is 2. The Morgan fingerprint density at radius 2 is 1.86 bits per heavy atom. The van der Waals surface area contributed by atoms with E-state index in [1.165, 1.54) is 12.1 Å². The normalized spacial score (nSPS) is 12.8. The zero-order chi connectivity index (χ0) is 20.4. The van der Waals surface area contributed by atoms with E-state index in [2.05, 4.69) is 17.1 Å². The Kier molecular flexibility index (Phi) is 5.27. The van der Waals surface area contributed by atoms with Crippen LogP contribution in [0.5, 0.6) is 0 Å². The second kappa shape index (κ2) is 8.01. The van der Waals surface area contributed by atoms with E-state index in [4.69, 9.17) is 10.5 Å². The van der Waals surface area contributed by atoms with E-state index in [0.29, 0.717) is 36.8 Å². The van der Waals surface area contributed by atoms with Crippen LogP contribution in [-0.4, -0.2) is 22.9 Å². The molecule has 1 aromatic heterocycles. The highest BCUT2D eigenvalue weighted by molar-refractivity contribution is 5.81. The number of aromatic nitrogens is 1. The molecule has 0 fully saturated rings. The molecule has 0 saturated carbocycles. The number of nitrogen functional groups attached to an aromatic ring is 1. The summed E-state index contributed by atoms with van der Waals surface area (Å²) in [5, 5.41) is 0. The Morgan fingerprint density at radius 1 is 1.10 bits per heavy atom. The fourth-order valence-corrected chi connectivity index (χ4v) is 3.57. The number of nitrogens with zero attached hydrogens (tertiary/aromatic N) is 2. The van der Waals surface area contributed by atoms with Crippen molar-refractivity contribution in [1.29, 1.82) is 0 Å². The lowest BCUT2D eigenvalue weighted by Crippen LogP contribution is -2.27. The molecule has 2 heterocycles. The first-order valence-electron chi connectivity index (χ1n) is 9.42. The minimum Gasteiger partial charge on any atom is -0.397 e. The van der Waals surface area contributed by atoms with Crippen LogP contribution >= 0.6 is 0 Å². The third-order valence-electron chi connectivity index (χ3n) is 5.12. The molecule has 0 unspecified atom stereocenters. The Bertz CT molecular complexity index is 1050. The number of halogens is 1. The van der Waals surface area contributed by atoms with Gasteiger partial charge in [0.15, 0.2) is 0 Å². The lowest BCUT2D eigenvalue weighted by Gasteiger charge is -2.16. The minimum absolute atomic E-state index is 0.0232. The SMILES string of the molecule is COCc1ccc2c(c1)CN(C(=O)Cc1nc(-c3ccc(F)cc3)ccc1N)C2. The van der Waals surface area contributed by atoms with Gasteiger partial charge in [-0.1, -0.05) is 18.2 Å². The van der Waals surface area contributed by atoms with Gasteiger partial charge in [0.25, 0.3) is 0 Å². The van der Waals surface area contributed by atoms with Gasteiger partial charge in [-0.2, -0.15) is 0 Å². The van der Waals surface area contributed by atoms with Crippen molar-refractivity contribution in [3.63, 3.8) is 0 Å². The van der Waals surface area contributed by atoms with Gasteiger partial charge >= 0.3 is 0 Å².